The number of nitrogens with zero attached hydrogens (tertiary/aromatic N) is 6. The van der Waals surface area contributed by atoms with Crippen molar-refractivity contribution in [2.75, 3.05) is 44.2 Å². The fraction of sp³-hybridized carbons (Fsp3) is 0.333. The third-order valence-electron chi connectivity index (χ3n) is 9.49. The Balaban J connectivity index is 1.12. The molecule has 0 unspecified atom stereocenters. The van der Waals surface area contributed by atoms with Crippen LogP contribution < -0.4 is 10.2 Å². The van der Waals surface area contributed by atoms with Gasteiger partial charge in [-0.05, 0) is 38.5 Å². The van der Waals surface area contributed by atoms with E-state index in [0.29, 0.717) is 86.8 Å². The van der Waals surface area contributed by atoms with Crippen LogP contribution in [0.25, 0.3) is 11.3 Å². The Morgan fingerprint density at radius 3 is 2.58 bits per heavy atom. The highest BCUT2D eigenvalue weighted by molar-refractivity contribution is 7.14. The van der Waals surface area contributed by atoms with Gasteiger partial charge in [0.05, 0.1) is 35.9 Å². The molecular weight excluding hydrogens is 745 g/mol. The number of aliphatic carboxylic acids is 1. The molecule has 0 radical (unpaired) electrons. The van der Waals surface area contributed by atoms with Crippen molar-refractivity contribution in [3.05, 3.63) is 96.9 Å². The number of carbonyl (C=O) groups excluding carboxylic acids is 2. The van der Waals surface area contributed by atoms with Crippen LogP contribution in [0.1, 0.15) is 42.9 Å². The number of thiazole rings is 2. The normalized spacial score (nSPS) is 19.4. The van der Waals surface area contributed by atoms with Gasteiger partial charge in [0.25, 0.3) is 0 Å². The van der Waals surface area contributed by atoms with E-state index in [9.17, 15) is 19.5 Å². The average molecular weight is 781 g/mol. The predicted molar refractivity (Wildman–Crippen MR) is 203 cm³/mol. The third-order valence-corrected chi connectivity index (χ3v) is 11.7. The second-order valence-corrected chi connectivity index (χ2v) is 15.7. The van der Waals surface area contributed by atoms with Gasteiger partial charge in [-0.25, -0.2) is 19.6 Å². The molecule has 52 heavy (non-hydrogen) atoms. The molecule has 2 atom stereocenters. The lowest BCUT2D eigenvalue weighted by atomic mass is 9.84. The number of amides is 2. The molecule has 270 valence electrons. The molecule has 0 saturated carbocycles. The number of benzene rings is 2. The molecule has 2 N–H and O–H groups in total. The molecule has 12 nitrogen and oxygen atoms in total. The molecule has 3 aliphatic rings. The van der Waals surface area contributed by atoms with Gasteiger partial charge in [-0.15, -0.1) is 22.7 Å². The Hall–Kier alpha value is -4.34. The van der Waals surface area contributed by atoms with Crippen molar-refractivity contribution in [3.8, 4) is 11.3 Å². The van der Waals surface area contributed by atoms with E-state index in [4.69, 9.17) is 37.9 Å². The molecule has 3 aliphatic heterocycles. The van der Waals surface area contributed by atoms with E-state index in [1.807, 2.05) is 27.8 Å². The van der Waals surface area contributed by atoms with E-state index in [0.717, 1.165) is 5.56 Å². The molecule has 0 aliphatic carbocycles. The molecule has 0 bridgehead atoms. The van der Waals surface area contributed by atoms with E-state index in [-0.39, 0.29) is 18.7 Å². The zero-order valence-corrected chi connectivity index (χ0v) is 31.7. The van der Waals surface area contributed by atoms with Crippen LogP contribution in [0.2, 0.25) is 10.0 Å². The second-order valence-electron chi connectivity index (χ2n) is 13.1. The van der Waals surface area contributed by atoms with Gasteiger partial charge in [-0.1, -0.05) is 53.5 Å². The Labute approximate surface area is 318 Å². The number of hydrogen-bond acceptors (Lipinski definition) is 11. The van der Waals surface area contributed by atoms with Crippen molar-refractivity contribution < 1.29 is 24.2 Å². The van der Waals surface area contributed by atoms with E-state index in [1.165, 1.54) is 22.7 Å². The summed E-state index contributed by atoms with van der Waals surface area (Å²) in [4.78, 5) is 59.0. The van der Waals surface area contributed by atoms with Crippen molar-refractivity contribution in [2.45, 2.75) is 38.3 Å². The molecule has 4 aromatic rings. The molecule has 2 aromatic carbocycles. The number of halogens is 2. The number of aromatic nitrogens is 2. The van der Waals surface area contributed by atoms with Gasteiger partial charge in [-0.3, -0.25) is 19.6 Å². The number of carbonyl (C=O) groups is 3. The number of ether oxygens (including phenoxy) is 1. The van der Waals surface area contributed by atoms with Crippen molar-refractivity contribution in [3.63, 3.8) is 0 Å². The first kappa shape index (κ1) is 36.0. The van der Waals surface area contributed by atoms with Crippen molar-refractivity contribution in [1.82, 2.24) is 25.1 Å². The van der Waals surface area contributed by atoms with E-state index >= 15 is 0 Å². The zero-order valence-electron chi connectivity index (χ0n) is 28.5. The Morgan fingerprint density at radius 1 is 1.10 bits per heavy atom. The molecule has 5 heterocycles. The number of urea groups is 1. The molecule has 7 rings (SSSR count). The summed E-state index contributed by atoms with van der Waals surface area (Å²) in [6, 6.07) is 11.5. The monoisotopic (exact) mass is 779 g/mol. The Kier molecular flexibility index (Phi) is 10.1. The number of amidine groups is 1. The number of esters is 1. The first-order chi connectivity index (χ1) is 24.9. The number of rotatable bonds is 10. The van der Waals surface area contributed by atoms with Crippen molar-refractivity contribution in [2.24, 2.45) is 4.99 Å². The number of hydrogen-bond donors (Lipinski definition) is 2. The number of anilines is 1. The van der Waals surface area contributed by atoms with Crippen molar-refractivity contribution in [1.29, 1.82) is 0 Å². The molecule has 16 heteroatoms. The van der Waals surface area contributed by atoms with Gasteiger partial charge in [-0.2, -0.15) is 0 Å². The smallest absolute Gasteiger partial charge is 0.338 e. The lowest BCUT2D eigenvalue weighted by Crippen LogP contribution is -2.53. The van der Waals surface area contributed by atoms with E-state index in [1.54, 1.807) is 62.2 Å². The summed E-state index contributed by atoms with van der Waals surface area (Å²) >= 11 is 15.7. The van der Waals surface area contributed by atoms with Gasteiger partial charge in [0.1, 0.15) is 6.04 Å². The Bertz CT molecular complexity index is 2080. The van der Waals surface area contributed by atoms with Crippen LogP contribution in [-0.4, -0.2) is 94.1 Å². The van der Waals surface area contributed by atoms with Gasteiger partial charge in [0, 0.05) is 70.0 Å². The highest BCUT2D eigenvalue weighted by atomic mass is 35.5. The summed E-state index contributed by atoms with van der Waals surface area (Å²) in [6.45, 7) is 7.76. The largest absolute Gasteiger partial charge is 0.481 e. The van der Waals surface area contributed by atoms with E-state index in [2.05, 4.69) is 15.2 Å². The van der Waals surface area contributed by atoms with Crippen LogP contribution in [0.3, 0.4) is 0 Å². The highest BCUT2D eigenvalue weighted by Crippen LogP contribution is 2.38. The molecule has 2 amide bonds. The van der Waals surface area contributed by atoms with Gasteiger partial charge in [0.15, 0.2) is 16.0 Å². The molecule has 2 aromatic heterocycles. The number of fused-ring (bicyclic) bond motifs is 1. The third kappa shape index (κ3) is 6.93. The summed E-state index contributed by atoms with van der Waals surface area (Å²) in [7, 11) is 0. The minimum absolute atomic E-state index is 0.0954. The summed E-state index contributed by atoms with van der Waals surface area (Å²) in [5, 5.41) is 18.9. The maximum atomic E-state index is 13.7. The van der Waals surface area contributed by atoms with Crippen LogP contribution in [0, 0.1) is 0 Å². The topological polar surface area (TPSA) is 141 Å². The molecule has 2 saturated heterocycles. The summed E-state index contributed by atoms with van der Waals surface area (Å²) < 4.78 is 5.56. The fourth-order valence-corrected chi connectivity index (χ4v) is 8.50. The average Bonchev–Trinajstić information content (AvgIpc) is 3.89. The highest BCUT2D eigenvalue weighted by Gasteiger charge is 2.43. The lowest BCUT2D eigenvalue weighted by molar-refractivity contribution is -0.142. The van der Waals surface area contributed by atoms with Crippen LogP contribution in [0.5, 0.6) is 0 Å². The summed E-state index contributed by atoms with van der Waals surface area (Å²) in [5.74, 6) is -0.871. The minimum atomic E-state index is -1.01. The number of piperazine rings is 1. The zero-order chi connectivity index (χ0) is 36.7. The predicted octanol–water partition coefficient (Wildman–Crippen LogP) is 6.47. The summed E-state index contributed by atoms with van der Waals surface area (Å²) in [5.41, 5.74) is 2.84. The quantitative estimate of drug-likeness (QED) is 0.173. The van der Waals surface area contributed by atoms with E-state index < -0.39 is 23.4 Å². The standard InChI is InChI=1S/C36H35Cl2N7O5S2/c1-4-50-32(46)28-26(40-30(31-39-11-14-51-31)42-29(28)24-10-9-22(37)15-25(24)38)18-43-12-13-44-23(16-43)17-45(35(44)49)34-41-27(19-52-34)20-5-7-21(8-6-20)36(2,3)33(47)48/h5-11,14-15,19,23,29H,4,12-13,16-18H2,1-3H3,(H,40,42)(H,47,48)/t23-,29-/m0/s1. The fourth-order valence-electron chi connectivity index (χ4n) is 6.57. The second kappa shape index (κ2) is 14.6. The SMILES string of the molecule is CCOC(=O)C1=C(CN2CCN3C(=O)N(c4nc(-c5ccc(C(C)(C)C(=O)O)cc5)cs4)C[C@@H]3C2)NC(c2nccs2)=N[C@H]1c1ccc(Cl)cc1Cl. The minimum Gasteiger partial charge on any atom is -0.481 e. The molecular formula is C36H35Cl2N7O5S2. The van der Waals surface area contributed by atoms with Gasteiger partial charge >= 0.3 is 18.0 Å². The first-order valence-electron chi connectivity index (χ1n) is 16.6. The van der Waals surface area contributed by atoms with Gasteiger partial charge < -0.3 is 20.1 Å². The maximum absolute atomic E-state index is 13.7. The van der Waals surface area contributed by atoms with Crippen LogP contribution in [0.15, 0.2) is 75.7 Å². The summed E-state index contributed by atoms with van der Waals surface area (Å²) in [6.07, 6.45) is 1.70. The Morgan fingerprint density at radius 2 is 1.88 bits per heavy atom. The van der Waals surface area contributed by atoms with Crippen LogP contribution in [-0.2, 0) is 19.7 Å². The van der Waals surface area contributed by atoms with Crippen LogP contribution >= 0.6 is 45.9 Å². The molecule has 2 fully saturated rings. The maximum Gasteiger partial charge on any atom is 0.338 e. The van der Waals surface area contributed by atoms with Crippen LogP contribution in [0.4, 0.5) is 9.93 Å². The number of carboxylic acids is 1. The first-order valence-corrected chi connectivity index (χ1v) is 19.2. The lowest BCUT2D eigenvalue weighted by Gasteiger charge is -2.38. The van der Waals surface area contributed by atoms with Gasteiger partial charge in [0.2, 0.25) is 0 Å². The number of aliphatic imine (C=N–C) groups is 1. The number of nitrogens with one attached hydrogen (secondary N) is 1. The number of carboxylic acid groups (broad SMARTS) is 1. The molecule has 0 spiro atoms. The van der Waals surface area contributed by atoms with Crippen molar-refractivity contribution >= 4 is 74.8 Å².